The number of halogens is 4. The molecule has 0 aliphatic rings. The number of amides is 2. The molecule has 1 aromatic heterocycles. The number of hydrogen-bond acceptors (Lipinski definition) is 7. The first-order chi connectivity index (χ1) is 21.1. The summed E-state index contributed by atoms with van der Waals surface area (Å²) in [5, 5.41) is 15.0. The monoisotopic (exact) mass is 620 g/mol. The molecule has 13 heteroatoms. The molecular weight excluding hydrogens is 600 g/mol. The normalized spacial score (nSPS) is 11.1. The van der Waals surface area contributed by atoms with Crippen LogP contribution >= 0.6 is 11.3 Å². The Labute approximate surface area is 251 Å². The minimum absolute atomic E-state index is 0.0599. The average Bonchev–Trinajstić information content (AvgIpc) is 3.40. The lowest BCUT2D eigenvalue weighted by atomic mass is 10.1. The maximum atomic E-state index is 14.5. The SMILES string of the molecule is N#Cc1c(Oc2ccc(F)c(NC(=O)Cc3cccc(C(F)(F)F)c3)c2)ccc2nc(NC(=O)OCc3ccccc3)sc12. The average molecular weight is 621 g/mol. The van der Waals surface area contributed by atoms with Crippen molar-refractivity contribution in [3.63, 3.8) is 0 Å². The van der Waals surface area contributed by atoms with Gasteiger partial charge in [-0.1, -0.05) is 59.9 Å². The number of anilines is 2. The van der Waals surface area contributed by atoms with Crippen molar-refractivity contribution < 1.29 is 36.6 Å². The number of alkyl halides is 3. The van der Waals surface area contributed by atoms with Crippen molar-refractivity contribution in [3.8, 4) is 17.6 Å². The largest absolute Gasteiger partial charge is 0.456 e. The van der Waals surface area contributed by atoms with Gasteiger partial charge in [-0.2, -0.15) is 18.4 Å². The first-order valence-corrected chi connectivity index (χ1v) is 13.7. The van der Waals surface area contributed by atoms with Gasteiger partial charge in [-0.25, -0.2) is 14.2 Å². The number of nitrogens with zero attached hydrogens (tertiary/aromatic N) is 2. The van der Waals surface area contributed by atoms with Gasteiger partial charge in [0.2, 0.25) is 5.91 Å². The van der Waals surface area contributed by atoms with Gasteiger partial charge in [0.1, 0.15) is 35.6 Å². The molecule has 0 saturated carbocycles. The van der Waals surface area contributed by atoms with E-state index < -0.39 is 36.0 Å². The highest BCUT2D eigenvalue weighted by atomic mass is 32.1. The van der Waals surface area contributed by atoms with Crippen LogP contribution in [-0.2, 0) is 28.7 Å². The molecule has 0 spiro atoms. The Hall–Kier alpha value is -5.48. The molecule has 0 aliphatic carbocycles. The highest BCUT2D eigenvalue weighted by molar-refractivity contribution is 7.22. The number of benzene rings is 4. The molecule has 8 nitrogen and oxygen atoms in total. The van der Waals surface area contributed by atoms with Crippen LogP contribution in [0.5, 0.6) is 11.5 Å². The lowest BCUT2D eigenvalue weighted by molar-refractivity contribution is -0.137. The van der Waals surface area contributed by atoms with Gasteiger partial charge in [-0.3, -0.25) is 10.1 Å². The molecular formula is C31H20F4N4O4S. The second-order valence-corrected chi connectivity index (χ2v) is 10.3. The third-order valence-electron chi connectivity index (χ3n) is 6.11. The first kappa shape index (κ1) is 30.0. The lowest BCUT2D eigenvalue weighted by Gasteiger charge is -2.12. The van der Waals surface area contributed by atoms with Gasteiger partial charge in [0.15, 0.2) is 5.13 Å². The summed E-state index contributed by atoms with van der Waals surface area (Å²) in [6.07, 6.45) is -5.72. The molecule has 0 aliphatic heterocycles. The number of fused-ring (bicyclic) bond motifs is 1. The molecule has 44 heavy (non-hydrogen) atoms. The Balaban J connectivity index is 1.28. The third-order valence-corrected chi connectivity index (χ3v) is 7.12. The summed E-state index contributed by atoms with van der Waals surface area (Å²) in [5.74, 6) is -1.37. The van der Waals surface area contributed by atoms with E-state index in [0.29, 0.717) is 10.2 Å². The molecule has 0 radical (unpaired) electrons. The minimum Gasteiger partial charge on any atom is -0.456 e. The summed E-state index contributed by atoms with van der Waals surface area (Å²) in [5.41, 5.74) is 0.252. The Morgan fingerprint density at radius 2 is 1.70 bits per heavy atom. The Bertz CT molecular complexity index is 1890. The van der Waals surface area contributed by atoms with E-state index in [1.165, 1.54) is 30.3 Å². The van der Waals surface area contributed by atoms with Gasteiger partial charge in [0, 0.05) is 6.07 Å². The topological polar surface area (TPSA) is 113 Å². The van der Waals surface area contributed by atoms with Gasteiger partial charge in [0.05, 0.1) is 27.9 Å². The van der Waals surface area contributed by atoms with Crippen LogP contribution < -0.4 is 15.4 Å². The third kappa shape index (κ3) is 7.29. The lowest BCUT2D eigenvalue weighted by Crippen LogP contribution is -2.16. The van der Waals surface area contributed by atoms with Crippen LogP contribution in [0, 0.1) is 17.1 Å². The van der Waals surface area contributed by atoms with Crippen molar-refractivity contribution in [2.24, 2.45) is 0 Å². The summed E-state index contributed by atoms with van der Waals surface area (Å²) < 4.78 is 65.0. The molecule has 0 atom stereocenters. The molecule has 0 saturated heterocycles. The fourth-order valence-corrected chi connectivity index (χ4v) is 5.03. The predicted octanol–water partition coefficient (Wildman–Crippen LogP) is 8.05. The molecule has 222 valence electrons. The van der Waals surface area contributed by atoms with Crippen LogP contribution in [-0.4, -0.2) is 17.0 Å². The van der Waals surface area contributed by atoms with E-state index in [1.54, 1.807) is 6.07 Å². The molecule has 2 amide bonds. The zero-order valence-electron chi connectivity index (χ0n) is 22.4. The molecule has 5 rings (SSSR count). The molecule has 2 N–H and O–H groups in total. The number of rotatable bonds is 8. The number of carbonyl (C=O) groups is 2. The molecule has 0 bridgehead atoms. The van der Waals surface area contributed by atoms with E-state index in [0.717, 1.165) is 35.1 Å². The molecule has 1 heterocycles. The summed E-state index contributed by atoms with van der Waals surface area (Å²) >= 11 is 1.03. The smallest absolute Gasteiger partial charge is 0.416 e. The van der Waals surface area contributed by atoms with E-state index in [1.807, 2.05) is 30.3 Å². The van der Waals surface area contributed by atoms with E-state index >= 15 is 0 Å². The van der Waals surface area contributed by atoms with Crippen molar-refractivity contribution >= 4 is 44.4 Å². The first-order valence-electron chi connectivity index (χ1n) is 12.8. The van der Waals surface area contributed by atoms with Gasteiger partial charge in [-0.15, -0.1) is 0 Å². The van der Waals surface area contributed by atoms with Crippen LogP contribution in [0.25, 0.3) is 10.2 Å². The number of ether oxygens (including phenoxy) is 2. The molecule has 4 aromatic carbocycles. The molecule has 0 unspecified atom stereocenters. The van der Waals surface area contributed by atoms with E-state index in [-0.39, 0.29) is 40.1 Å². The van der Waals surface area contributed by atoms with Crippen molar-refractivity contribution in [1.29, 1.82) is 5.26 Å². The number of hydrogen-bond donors (Lipinski definition) is 2. The second-order valence-electron chi connectivity index (χ2n) is 9.27. The summed E-state index contributed by atoms with van der Waals surface area (Å²) in [6.45, 7) is 0.0599. The van der Waals surface area contributed by atoms with Crippen molar-refractivity contribution in [2.75, 3.05) is 10.6 Å². The van der Waals surface area contributed by atoms with Crippen molar-refractivity contribution in [1.82, 2.24) is 4.98 Å². The summed E-state index contributed by atoms with van der Waals surface area (Å²) in [6, 6.07) is 22.0. The van der Waals surface area contributed by atoms with Crippen LogP contribution in [0.15, 0.2) is 84.9 Å². The Kier molecular flexibility index (Phi) is 8.73. The van der Waals surface area contributed by atoms with Crippen LogP contribution in [0.4, 0.5) is 33.2 Å². The van der Waals surface area contributed by atoms with Crippen molar-refractivity contribution in [2.45, 2.75) is 19.2 Å². The van der Waals surface area contributed by atoms with E-state index in [9.17, 15) is 32.4 Å². The molecule has 0 fully saturated rings. The van der Waals surface area contributed by atoms with Crippen LogP contribution in [0.1, 0.15) is 22.3 Å². The summed E-state index contributed by atoms with van der Waals surface area (Å²) in [4.78, 5) is 29.1. The second kappa shape index (κ2) is 12.8. The van der Waals surface area contributed by atoms with Gasteiger partial charge in [0.25, 0.3) is 0 Å². The number of nitrogens with one attached hydrogen (secondary N) is 2. The van der Waals surface area contributed by atoms with Gasteiger partial charge < -0.3 is 14.8 Å². The standard InChI is InChI=1S/C31H20F4N4O4S/c32-23-10-9-21(15-25(23)37-27(40)14-19-7-4-8-20(13-19)31(33,34)35)43-26-12-11-24-28(22(26)16-36)44-29(38-24)39-30(41)42-17-18-5-2-1-3-6-18/h1-13,15H,14,17H2,(H,37,40)(H,38,39,41). The van der Waals surface area contributed by atoms with Crippen LogP contribution in [0.3, 0.4) is 0 Å². The highest BCUT2D eigenvalue weighted by Gasteiger charge is 2.30. The predicted molar refractivity (Wildman–Crippen MR) is 155 cm³/mol. The maximum absolute atomic E-state index is 14.5. The Morgan fingerprint density at radius 3 is 2.45 bits per heavy atom. The van der Waals surface area contributed by atoms with Gasteiger partial charge in [-0.05, 0) is 41.5 Å². The quantitative estimate of drug-likeness (QED) is 0.170. The van der Waals surface area contributed by atoms with Crippen molar-refractivity contribution in [3.05, 3.63) is 113 Å². The minimum atomic E-state index is -4.57. The fraction of sp³-hybridized carbons (Fsp3) is 0.0968. The zero-order chi connectivity index (χ0) is 31.3. The fourth-order valence-electron chi connectivity index (χ4n) is 4.09. The zero-order valence-corrected chi connectivity index (χ0v) is 23.3. The maximum Gasteiger partial charge on any atom is 0.416 e. The number of aromatic nitrogens is 1. The highest BCUT2D eigenvalue weighted by Crippen LogP contribution is 2.37. The van der Waals surface area contributed by atoms with E-state index in [4.69, 9.17) is 9.47 Å². The van der Waals surface area contributed by atoms with Crippen LogP contribution in [0.2, 0.25) is 0 Å². The molecule has 5 aromatic rings. The summed E-state index contributed by atoms with van der Waals surface area (Å²) in [7, 11) is 0. The number of carbonyl (C=O) groups excluding carboxylic acids is 2. The number of nitriles is 1. The number of thiazole rings is 1. The van der Waals surface area contributed by atoms with Gasteiger partial charge >= 0.3 is 12.3 Å². The Morgan fingerprint density at radius 1 is 0.932 bits per heavy atom. The van der Waals surface area contributed by atoms with E-state index in [2.05, 4.69) is 21.7 Å².